The number of hydrogen-bond donors (Lipinski definition) is 1. The fraction of sp³-hybridized carbons (Fsp3) is 0.158. The fourth-order valence-corrected chi connectivity index (χ4v) is 4.19. The number of hydrogen-bond acceptors (Lipinski definition) is 7. The van der Waals surface area contributed by atoms with E-state index in [1.165, 1.54) is 30.3 Å². The normalized spacial score (nSPS) is 14.2. The molecule has 1 N–H and O–H groups in total. The van der Waals surface area contributed by atoms with E-state index < -0.39 is 15.6 Å². The number of rotatable bonds is 5. The highest BCUT2D eigenvalue weighted by atomic mass is 32.2. The van der Waals surface area contributed by atoms with Crippen LogP contribution in [0.3, 0.4) is 0 Å². The molecular formula is C19H15N5O4S. The Labute approximate surface area is 165 Å². The van der Waals surface area contributed by atoms with Gasteiger partial charge in [-0.1, -0.05) is 12.1 Å². The van der Waals surface area contributed by atoms with Crippen LogP contribution in [0.5, 0.6) is 0 Å². The second kappa shape index (κ2) is 6.52. The van der Waals surface area contributed by atoms with Crippen molar-refractivity contribution in [3.8, 4) is 11.4 Å². The van der Waals surface area contributed by atoms with Crippen LogP contribution < -0.4 is 10.3 Å². The molecule has 1 aliphatic rings. The van der Waals surface area contributed by atoms with Crippen molar-refractivity contribution in [2.75, 3.05) is 4.72 Å². The summed E-state index contributed by atoms with van der Waals surface area (Å²) < 4.78 is 35.1. The molecule has 146 valence electrons. The van der Waals surface area contributed by atoms with E-state index in [9.17, 15) is 13.2 Å². The third-order valence-electron chi connectivity index (χ3n) is 4.66. The van der Waals surface area contributed by atoms with Crippen LogP contribution in [-0.4, -0.2) is 28.6 Å². The first-order valence-electron chi connectivity index (χ1n) is 8.95. The van der Waals surface area contributed by atoms with Crippen LogP contribution >= 0.6 is 0 Å². The lowest BCUT2D eigenvalue weighted by Crippen LogP contribution is -2.13. The zero-order valence-electron chi connectivity index (χ0n) is 15.0. The Morgan fingerprint density at radius 1 is 1.07 bits per heavy atom. The number of fused-ring (bicyclic) bond motifs is 1. The first-order valence-corrected chi connectivity index (χ1v) is 10.4. The first-order chi connectivity index (χ1) is 14.0. The molecule has 0 radical (unpaired) electrons. The van der Waals surface area contributed by atoms with Gasteiger partial charge in [0, 0.05) is 22.7 Å². The number of tetrazole rings is 1. The Kier molecular flexibility index (Phi) is 3.95. The van der Waals surface area contributed by atoms with E-state index >= 15 is 0 Å². The Morgan fingerprint density at radius 2 is 1.93 bits per heavy atom. The molecule has 0 spiro atoms. The average molecular weight is 409 g/mol. The second-order valence-corrected chi connectivity index (χ2v) is 8.50. The highest BCUT2D eigenvalue weighted by molar-refractivity contribution is 7.92. The number of sulfonamides is 1. The lowest BCUT2D eigenvalue weighted by molar-refractivity contribution is 0.560. The van der Waals surface area contributed by atoms with Crippen molar-refractivity contribution in [1.29, 1.82) is 0 Å². The number of nitrogens with one attached hydrogen (secondary N) is 1. The summed E-state index contributed by atoms with van der Waals surface area (Å²) in [7, 11) is -3.84. The lowest BCUT2D eigenvalue weighted by atomic mass is 10.2. The molecule has 0 atom stereocenters. The maximum atomic E-state index is 12.8. The van der Waals surface area contributed by atoms with Crippen LogP contribution in [0.25, 0.3) is 22.4 Å². The fourth-order valence-electron chi connectivity index (χ4n) is 3.10. The Hall–Kier alpha value is -3.53. The zero-order chi connectivity index (χ0) is 20.0. The van der Waals surface area contributed by atoms with E-state index in [1.54, 1.807) is 22.9 Å². The molecule has 2 aromatic heterocycles. The van der Waals surface area contributed by atoms with Crippen molar-refractivity contribution in [3.05, 3.63) is 65.0 Å². The molecule has 1 aliphatic carbocycles. The molecule has 0 unspecified atom stereocenters. The summed E-state index contributed by atoms with van der Waals surface area (Å²) >= 11 is 0. The topological polar surface area (TPSA) is 120 Å². The largest absolute Gasteiger partial charge is 0.423 e. The van der Waals surface area contributed by atoms with Crippen LogP contribution in [0.4, 0.5) is 5.69 Å². The standard InChI is InChI=1S/C19H15N5O4S/c25-18-9-4-12-11-16(7-8-17(12)28-18)29(26,27)21-14-3-1-2-13(10-14)19-20-22-23-24(19)15-5-6-15/h1-4,7-11,15,21H,5-6H2. The van der Waals surface area contributed by atoms with E-state index in [0.717, 1.165) is 18.4 Å². The van der Waals surface area contributed by atoms with Crippen LogP contribution in [0.15, 0.2) is 68.7 Å². The summed E-state index contributed by atoms with van der Waals surface area (Å²) in [6.07, 6.45) is 2.07. The van der Waals surface area contributed by atoms with Gasteiger partial charge in [-0.2, -0.15) is 0 Å². The van der Waals surface area contributed by atoms with E-state index in [2.05, 4.69) is 20.2 Å². The van der Waals surface area contributed by atoms with Gasteiger partial charge in [0.25, 0.3) is 10.0 Å². The van der Waals surface area contributed by atoms with Gasteiger partial charge in [0.15, 0.2) is 5.82 Å². The van der Waals surface area contributed by atoms with Gasteiger partial charge in [-0.15, -0.1) is 5.10 Å². The van der Waals surface area contributed by atoms with Crippen molar-refractivity contribution >= 4 is 26.7 Å². The second-order valence-electron chi connectivity index (χ2n) is 6.82. The Bertz CT molecular complexity index is 1390. The average Bonchev–Trinajstić information content (AvgIpc) is 3.43. The van der Waals surface area contributed by atoms with Gasteiger partial charge < -0.3 is 4.42 Å². The Balaban J connectivity index is 1.47. The van der Waals surface area contributed by atoms with Crippen LogP contribution in [0.1, 0.15) is 18.9 Å². The minimum Gasteiger partial charge on any atom is -0.423 e. The highest BCUT2D eigenvalue weighted by Gasteiger charge is 2.28. The maximum Gasteiger partial charge on any atom is 0.336 e. The first kappa shape index (κ1) is 17.6. The number of aromatic nitrogens is 4. The molecular weight excluding hydrogens is 394 g/mol. The van der Waals surface area contributed by atoms with Crippen LogP contribution in [-0.2, 0) is 10.0 Å². The molecule has 4 aromatic rings. The predicted octanol–water partition coefficient (Wildman–Crippen LogP) is 2.58. The molecule has 10 heteroatoms. The van der Waals surface area contributed by atoms with Gasteiger partial charge in [0.05, 0.1) is 10.9 Å². The van der Waals surface area contributed by atoms with Crippen LogP contribution in [0, 0.1) is 0 Å². The minimum absolute atomic E-state index is 0.0621. The van der Waals surface area contributed by atoms with Gasteiger partial charge in [-0.3, -0.25) is 4.72 Å². The molecule has 1 fully saturated rings. The third-order valence-corrected chi connectivity index (χ3v) is 6.04. The van der Waals surface area contributed by atoms with Gasteiger partial charge in [-0.05, 0) is 59.7 Å². The van der Waals surface area contributed by atoms with E-state index in [4.69, 9.17) is 4.42 Å². The molecule has 5 rings (SSSR count). The van der Waals surface area contributed by atoms with Gasteiger partial charge >= 0.3 is 5.63 Å². The molecule has 2 heterocycles. The summed E-state index contributed by atoms with van der Waals surface area (Å²) in [4.78, 5) is 11.4. The van der Waals surface area contributed by atoms with Crippen molar-refractivity contribution in [3.63, 3.8) is 0 Å². The number of anilines is 1. The molecule has 2 aromatic carbocycles. The molecule has 29 heavy (non-hydrogen) atoms. The smallest absolute Gasteiger partial charge is 0.336 e. The van der Waals surface area contributed by atoms with Gasteiger partial charge in [-0.25, -0.2) is 17.9 Å². The van der Waals surface area contributed by atoms with Crippen molar-refractivity contribution in [2.24, 2.45) is 0 Å². The van der Waals surface area contributed by atoms with Crippen LogP contribution in [0.2, 0.25) is 0 Å². The van der Waals surface area contributed by atoms with Crippen molar-refractivity contribution < 1.29 is 12.8 Å². The quantitative estimate of drug-likeness (QED) is 0.503. The maximum absolute atomic E-state index is 12.8. The lowest BCUT2D eigenvalue weighted by Gasteiger charge is -2.10. The molecule has 0 amide bonds. The molecule has 0 saturated heterocycles. The van der Waals surface area contributed by atoms with E-state index in [-0.39, 0.29) is 4.90 Å². The van der Waals surface area contributed by atoms with Gasteiger partial charge in [0.1, 0.15) is 5.58 Å². The summed E-state index contributed by atoms with van der Waals surface area (Å²) in [5, 5.41) is 12.4. The monoisotopic (exact) mass is 409 g/mol. The van der Waals surface area contributed by atoms with Gasteiger partial charge in [0.2, 0.25) is 0 Å². The summed E-state index contributed by atoms with van der Waals surface area (Å²) in [5.74, 6) is 0.606. The SMILES string of the molecule is O=c1ccc2cc(S(=O)(=O)Nc3cccc(-c4nnnn4C4CC4)c3)ccc2o1. The molecule has 0 bridgehead atoms. The number of nitrogens with zero attached hydrogens (tertiary/aromatic N) is 4. The highest BCUT2D eigenvalue weighted by Crippen LogP contribution is 2.37. The minimum atomic E-state index is -3.84. The Morgan fingerprint density at radius 3 is 2.76 bits per heavy atom. The summed E-state index contributed by atoms with van der Waals surface area (Å²) in [6, 6.07) is 14.3. The summed E-state index contributed by atoms with van der Waals surface area (Å²) in [5.41, 5.74) is 0.955. The van der Waals surface area contributed by atoms with Crippen molar-refractivity contribution in [1.82, 2.24) is 20.2 Å². The zero-order valence-corrected chi connectivity index (χ0v) is 15.8. The molecule has 9 nitrogen and oxygen atoms in total. The number of benzene rings is 2. The molecule has 0 aliphatic heterocycles. The van der Waals surface area contributed by atoms with Crippen molar-refractivity contribution in [2.45, 2.75) is 23.8 Å². The van der Waals surface area contributed by atoms with E-state index in [0.29, 0.717) is 28.5 Å². The summed E-state index contributed by atoms with van der Waals surface area (Å²) in [6.45, 7) is 0. The molecule has 1 saturated carbocycles. The third kappa shape index (κ3) is 3.38. The predicted molar refractivity (Wildman–Crippen MR) is 105 cm³/mol. The van der Waals surface area contributed by atoms with E-state index in [1.807, 2.05) is 6.07 Å².